The summed E-state index contributed by atoms with van der Waals surface area (Å²) in [4.78, 5) is 3.62. The van der Waals surface area contributed by atoms with Gasteiger partial charge in [-0.25, -0.2) is 0 Å². The first kappa shape index (κ1) is 17.2. The van der Waals surface area contributed by atoms with Gasteiger partial charge in [0.1, 0.15) is 4.88 Å². The Balaban J connectivity index is 0.000000924. The topological polar surface area (TPSA) is 38.9 Å². The van der Waals surface area contributed by atoms with E-state index in [1.807, 2.05) is 13.8 Å². The maximum atomic E-state index is 13.2. The van der Waals surface area contributed by atoms with E-state index >= 15 is 0 Å². The van der Waals surface area contributed by atoms with Gasteiger partial charge in [-0.1, -0.05) is 49.3 Å². The van der Waals surface area contributed by atoms with Crippen LogP contribution in [0, 0.1) is 6.92 Å². The van der Waals surface area contributed by atoms with E-state index in [2.05, 4.69) is 10.1 Å². The van der Waals surface area contributed by atoms with Crippen LogP contribution in [0.1, 0.15) is 24.5 Å². The van der Waals surface area contributed by atoms with E-state index in [0.29, 0.717) is 27.6 Å². The first-order valence-electron chi connectivity index (χ1n) is 7.02. The van der Waals surface area contributed by atoms with E-state index in [1.54, 1.807) is 37.3 Å². The van der Waals surface area contributed by atoms with Crippen LogP contribution in [0.3, 0.4) is 0 Å². The van der Waals surface area contributed by atoms with E-state index in [1.165, 1.54) is 6.07 Å². The van der Waals surface area contributed by atoms with Crippen LogP contribution < -0.4 is 0 Å². The van der Waals surface area contributed by atoms with Crippen LogP contribution in [0.2, 0.25) is 0 Å². The molecule has 1 aromatic carbocycles. The van der Waals surface area contributed by atoms with Gasteiger partial charge >= 0.3 is 6.18 Å². The number of thiophene rings is 1. The fourth-order valence-corrected chi connectivity index (χ4v) is 2.91. The van der Waals surface area contributed by atoms with E-state index in [4.69, 9.17) is 4.52 Å². The molecule has 0 atom stereocenters. The summed E-state index contributed by atoms with van der Waals surface area (Å²) in [5, 5.41) is 3.61. The molecule has 7 heteroatoms. The first-order chi connectivity index (χ1) is 10.9. The zero-order valence-corrected chi connectivity index (χ0v) is 13.6. The van der Waals surface area contributed by atoms with Gasteiger partial charge < -0.3 is 4.52 Å². The average molecular weight is 340 g/mol. The molecule has 0 aliphatic carbocycles. The summed E-state index contributed by atoms with van der Waals surface area (Å²) < 4.78 is 44.6. The normalized spacial score (nSPS) is 11.0. The van der Waals surface area contributed by atoms with Crippen molar-refractivity contribution in [3.63, 3.8) is 0 Å². The predicted molar refractivity (Wildman–Crippen MR) is 84.1 cm³/mol. The Hall–Kier alpha value is -2.15. The number of alkyl halides is 3. The van der Waals surface area contributed by atoms with Crippen molar-refractivity contribution in [2.45, 2.75) is 26.9 Å². The molecule has 0 spiro atoms. The van der Waals surface area contributed by atoms with E-state index < -0.39 is 11.1 Å². The van der Waals surface area contributed by atoms with Gasteiger partial charge in [0.2, 0.25) is 0 Å². The fraction of sp³-hybridized carbons (Fsp3) is 0.250. The zero-order chi connectivity index (χ0) is 17.0. The summed E-state index contributed by atoms with van der Waals surface area (Å²) in [6.07, 6.45) is -4.43. The van der Waals surface area contributed by atoms with Crippen molar-refractivity contribution in [1.29, 1.82) is 0 Å². The number of aryl methyl sites for hydroxylation is 1. The highest BCUT2D eigenvalue weighted by Gasteiger charge is 2.37. The minimum absolute atomic E-state index is 0.102. The van der Waals surface area contributed by atoms with Crippen LogP contribution in [-0.4, -0.2) is 10.1 Å². The molecule has 3 rings (SSSR count). The number of halogens is 3. The van der Waals surface area contributed by atoms with E-state index in [-0.39, 0.29) is 11.5 Å². The lowest BCUT2D eigenvalue weighted by atomic mass is 10.1. The van der Waals surface area contributed by atoms with Crippen LogP contribution in [0.25, 0.3) is 21.9 Å². The van der Waals surface area contributed by atoms with Crippen LogP contribution in [0.4, 0.5) is 13.2 Å². The number of benzene rings is 1. The summed E-state index contributed by atoms with van der Waals surface area (Å²) in [6, 6.07) is 9.87. The summed E-state index contributed by atoms with van der Waals surface area (Å²) in [5.41, 5.74) is 0.627. The van der Waals surface area contributed by atoms with Crippen molar-refractivity contribution in [3.8, 4) is 21.9 Å². The smallest absolute Gasteiger partial charge is 0.333 e. The van der Waals surface area contributed by atoms with Crippen LogP contribution >= 0.6 is 11.3 Å². The molecule has 0 aliphatic rings. The number of aromatic nitrogens is 2. The number of hydrogen-bond donors (Lipinski definition) is 0. The van der Waals surface area contributed by atoms with Crippen LogP contribution in [0.15, 0.2) is 40.9 Å². The Kier molecular flexibility index (Phi) is 5.20. The predicted octanol–water partition coefficient (Wildman–Crippen LogP) is 5.82. The minimum atomic E-state index is -4.43. The Labute approximate surface area is 135 Å². The molecule has 0 radical (unpaired) electrons. The highest BCUT2D eigenvalue weighted by molar-refractivity contribution is 7.16. The molecule has 0 bridgehead atoms. The summed E-state index contributed by atoms with van der Waals surface area (Å²) in [5.74, 6) is 0.485. The van der Waals surface area contributed by atoms with Gasteiger partial charge in [0.15, 0.2) is 5.82 Å². The average Bonchev–Trinajstić information content (AvgIpc) is 3.16. The molecule has 0 amide bonds. The lowest BCUT2D eigenvalue weighted by Gasteiger charge is -2.07. The lowest BCUT2D eigenvalue weighted by molar-refractivity contribution is -0.133. The molecular formula is C16H15F3N2OS. The molecule has 3 aromatic rings. The van der Waals surface area contributed by atoms with Crippen molar-refractivity contribution >= 4 is 11.3 Å². The molecule has 0 saturated heterocycles. The molecule has 0 saturated carbocycles. The Morgan fingerprint density at radius 2 is 1.74 bits per heavy atom. The van der Waals surface area contributed by atoms with Gasteiger partial charge in [0.25, 0.3) is 5.89 Å². The lowest BCUT2D eigenvalue weighted by Crippen LogP contribution is -2.03. The molecule has 0 unspecified atom stereocenters. The molecular weight excluding hydrogens is 325 g/mol. The minimum Gasteiger partial charge on any atom is -0.333 e. The third-order valence-corrected chi connectivity index (χ3v) is 3.98. The third kappa shape index (κ3) is 3.79. The number of nitrogens with zero attached hydrogens (tertiary/aromatic N) is 2. The highest BCUT2D eigenvalue weighted by Crippen LogP contribution is 2.45. The maximum Gasteiger partial charge on any atom is 0.426 e. The number of hydrogen-bond acceptors (Lipinski definition) is 4. The second-order valence-corrected chi connectivity index (χ2v) is 5.42. The van der Waals surface area contributed by atoms with Crippen molar-refractivity contribution in [2.75, 3.05) is 0 Å². The summed E-state index contributed by atoms with van der Waals surface area (Å²) in [6.45, 7) is 5.61. The second-order valence-electron chi connectivity index (χ2n) is 4.36. The Bertz CT molecular complexity index is 763. The second kappa shape index (κ2) is 6.95. The Morgan fingerprint density at radius 1 is 1.09 bits per heavy atom. The fourth-order valence-electron chi connectivity index (χ4n) is 1.94. The van der Waals surface area contributed by atoms with Gasteiger partial charge in [0, 0.05) is 5.56 Å². The van der Waals surface area contributed by atoms with E-state index in [0.717, 1.165) is 0 Å². The molecule has 0 aliphatic heterocycles. The zero-order valence-electron chi connectivity index (χ0n) is 12.8. The monoisotopic (exact) mass is 340 g/mol. The van der Waals surface area contributed by atoms with Crippen LogP contribution in [-0.2, 0) is 6.18 Å². The van der Waals surface area contributed by atoms with Gasteiger partial charge in [-0.2, -0.15) is 18.2 Å². The van der Waals surface area contributed by atoms with Gasteiger partial charge in [-0.05, 0) is 18.6 Å². The first-order valence-corrected chi connectivity index (χ1v) is 7.84. The summed E-state index contributed by atoms with van der Waals surface area (Å²) >= 11 is 0.606. The summed E-state index contributed by atoms with van der Waals surface area (Å²) in [7, 11) is 0. The highest BCUT2D eigenvalue weighted by atomic mass is 32.1. The number of rotatable bonds is 2. The standard InChI is InChI=1S/C14H9F3N2OS.C2H6/c1-8-18-13(20-19-8)11-7-10(9-5-3-2-4-6-9)12(21-11)14(15,16)17;1-2/h2-7H,1H3;1-2H3. The molecule has 3 nitrogen and oxygen atoms in total. The SMILES string of the molecule is CC.Cc1noc(-c2cc(-c3ccccc3)c(C(F)(F)F)s2)n1. The molecule has 23 heavy (non-hydrogen) atoms. The third-order valence-electron chi connectivity index (χ3n) is 2.81. The quantitative estimate of drug-likeness (QED) is 0.590. The molecule has 0 fully saturated rings. The Morgan fingerprint density at radius 3 is 2.26 bits per heavy atom. The van der Waals surface area contributed by atoms with Crippen molar-refractivity contribution < 1.29 is 17.7 Å². The van der Waals surface area contributed by atoms with Crippen molar-refractivity contribution in [1.82, 2.24) is 10.1 Å². The molecule has 122 valence electrons. The molecule has 2 aromatic heterocycles. The molecule has 2 heterocycles. The largest absolute Gasteiger partial charge is 0.426 e. The van der Waals surface area contributed by atoms with Gasteiger partial charge in [-0.3, -0.25) is 0 Å². The van der Waals surface area contributed by atoms with Gasteiger partial charge in [0.05, 0.1) is 4.88 Å². The molecule has 0 N–H and O–H groups in total. The van der Waals surface area contributed by atoms with Gasteiger partial charge in [-0.15, -0.1) is 11.3 Å². The van der Waals surface area contributed by atoms with E-state index in [9.17, 15) is 13.2 Å². The van der Waals surface area contributed by atoms with Crippen molar-refractivity contribution in [3.05, 3.63) is 47.1 Å². The van der Waals surface area contributed by atoms with Crippen LogP contribution in [0.5, 0.6) is 0 Å². The van der Waals surface area contributed by atoms with Crippen molar-refractivity contribution in [2.24, 2.45) is 0 Å². The maximum absolute atomic E-state index is 13.2.